The van der Waals surface area contributed by atoms with Crippen molar-refractivity contribution in [3.63, 3.8) is 0 Å². The lowest BCUT2D eigenvalue weighted by atomic mass is 9.89. The summed E-state index contributed by atoms with van der Waals surface area (Å²) in [6.07, 6.45) is 7.61. The summed E-state index contributed by atoms with van der Waals surface area (Å²) < 4.78 is 11.4. The van der Waals surface area contributed by atoms with Crippen LogP contribution in [0.2, 0.25) is 0 Å². The molecule has 4 N–H and O–H groups in total. The molecule has 1 aliphatic heterocycles. The van der Waals surface area contributed by atoms with Crippen molar-refractivity contribution in [1.29, 1.82) is 0 Å². The van der Waals surface area contributed by atoms with Crippen molar-refractivity contribution < 1.29 is 29.6 Å². The average molecular weight is 527 g/mol. The summed E-state index contributed by atoms with van der Waals surface area (Å²) in [5, 5.41) is 34.0. The van der Waals surface area contributed by atoms with Crippen molar-refractivity contribution in [3.8, 4) is 17.2 Å². The number of amides is 1. The number of carbonyl (C=O) groups excluding carboxylic acids is 1. The van der Waals surface area contributed by atoms with Crippen LogP contribution in [-0.4, -0.2) is 53.2 Å². The Morgan fingerprint density at radius 1 is 0.974 bits per heavy atom. The van der Waals surface area contributed by atoms with Crippen LogP contribution in [0.4, 0.5) is 17.1 Å². The molecule has 0 aliphatic carbocycles. The molecule has 0 saturated carbocycles. The van der Waals surface area contributed by atoms with E-state index >= 15 is 0 Å². The molecule has 1 unspecified atom stereocenters. The molecule has 1 aliphatic rings. The second kappa shape index (κ2) is 12.1. The van der Waals surface area contributed by atoms with Gasteiger partial charge in [-0.15, -0.1) is 0 Å². The Bertz CT molecular complexity index is 1180. The zero-order valence-electron chi connectivity index (χ0n) is 23.4. The Kier molecular flexibility index (Phi) is 9.33. The van der Waals surface area contributed by atoms with Crippen LogP contribution >= 0.6 is 0 Å². The van der Waals surface area contributed by atoms with Crippen LogP contribution in [0.25, 0.3) is 0 Å². The predicted octanol–water partition coefficient (Wildman–Crippen LogP) is 6.62. The molecule has 0 aromatic heterocycles. The van der Waals surface area contributed by atoms with Crippen molar-refractivity contribution in [1.82, 2.24) is 0 Å². The number of benzene rings is 2. The number of nitrogens with zero attached hydrogens (tertiary/aromatic N) is 1. The van der Waals surface area contributed by atoms with Gasteiger partial charge in [-0.2, -0.15) is 0 Å². The first kappa shape index (κ1) is 29.3. The van der Waals surface area contributed by atoms with E-state index in [4.69, 9.17) is 9.47 Å². The monoisotopic (exact) mass is 526 g/mol. The van der Waals surface area contributed by atoms with Gasteiger partial charge in [-0.05, 0) is 78.4 Å². The van der Waals surface area contributed by atoms with Gasteiger partial charge in [0.1, 0.15) is 22.9 Å². The second-order valence-corrected chi connectivity index (χ2v) is 11.0. The summed E-state index contributed by atoms with van der Waals surface area (Å²) in [5.41, 5.74) is 1.84. The molecule has 2 aromatic carbocycles. The lowest BCUT2D eigenvalue weighted by molar-refractivity contribution is -0.0242. The molecule has 0 bridgehead atoms. The molecule has 0 radical (unpaired) electrons. The van der Waals surface area contributed by atoms with E-state index in [1.165, 1.54) is 23.1 Å². The summed E-state index contributed by atoms with van der Waals surface area (Å²) in [7, 11) is 3.51. The number of phenols is 3. The number of fused-ring (bicyclic) bond motifs is 2. The molecule has 1 heterocycles. The largest absolute Gasteiger partial charge is 0.508 e. The number of nitrogens with one attached hydrogen (secondary N) is 1. The molecular formula is C30H42N2O6. The Hall–Kier alpha value is -3.23. The molecule has 3 rings (SSSR count). The van der Waals surface area contributed by atoms with E-state index in [9.17, 15) is 20.1 Å². The molecule has 0 saturated heterocycles. The molecule has 8 nitrogen and oxygen atoms in total. The quantitative estimate of drug-likeness (QED) is 0.140. The number of carbonyl (C=O) groups is 1. The van der Waals surface area contributed by atoms with E-state index in [-0.39, 0.29) is 57.8 Å². The van der Waals surface area contributed by atoms with Crippen molar-refractivity contribution in [2.75, 3.05) is 31.0 Å². The maximum Gasteiger partial charge on any atom is 0.260 e. The molecule has 38 heavy (non-hydrogen) atoms. The van der Waals surface area contributed by atoms with Gasteiger partial charge >= 0.3 is 0 Å². The van der Waals surface area contributed by atoms with Crippen molar-refractivity contribution in [2.45, 2.75) is 77.4 Å². The van der Waals surface area contributed by atoms with Crippen LogP contribution in [0.1, 0.15) is 76.6 Å². The molecule has 1 amide bonds. The fraction of sp³-hybridized carbons (Fsp3) is 0.500. The highest BCUT2D eigenvalue weighted by molar-refractivity contribution is 6.15. The molecule has 2 aromatic rings. The van der Waals surface area contributed by atoms with E-state index in [1.54, 1.807) is 26.4 Å². The van der Waals surface area contributed by atoms with Crippen LogP contribution in [-0.2, 0) is 9.47 Å². The van der Waals surface area contributed by atoms with Crippen LogP contribution in [0.15, 0.2) is 42.0 Å². The Morgan fingerprint density at radius 2 is 1.68 bits per heavy atom. The number of hydrogen-bond acceptors (Lipinski definition) is 7. The molecule has 0 fully saturated rings. The van der Waals surface area contributed by atoms with Gasteiger partial charge in [0, 0.05) is 32.9 Å². The van der Waals surface area contributed by atoms with E-state index in [0.717, 1.165) is 44.1 Å². The minimum Gasteiger partial charge on any atom is -0.508 e. The smallest absolute Gasteiger partial charge is 0.260 e. The van der Waals surface area contributed by atoms with Gasteiger partial charge in [-0.1, -0.05) is 17.7 Å². The third-order valence-corrected chi connectivity index (χ3v) is 7.57. The lowest BCUT2D eigenvalue weighted by Gasteiger charge is -2.30. The Labute approximate surface area is 225 Å². The summed E-state index contributed by atoms with van der Waals surface area (Å²) in [4.78, 5) is 15.0. The number of anilines is 3. The fourth-order valence-electron chi connectivity index (χ4n) is 4.76. The van der Waals surface area contributed by atoms with E-state index < -0.39 is 0 Å². The van der Waals surface area contributed by atoms with Crippen LogP contribution in [0.5, 0.6) is 17.2 Å². The lowest BCUT2D eigenvalue weighted by Crippen LogP contribution is -2.30. The standard InChI is InChI=1S/C30H42N2O6/c1-20(10-8-15-30(4,38-6)16-9-14-29(2,3)37-5)13-17-32-23-18-21(33)19-25(35)27(23)31-26-22(28(32)36)11-7-12-24(26)34/h7,11-13,18-19,31,33-35H,8-10,14-17H2,1-6H3. The van der Waals surface area contributed by atoms with Gasteiger partial charge in [0.15, 0.2) is 0 Å². The number of methoxy groups -OCH3 is 2. The van der Waals surface area contributed by atoms with Gasteiger partial charge in [0.2, 0.25) is 0 Å². The predicted molar refractivity (Wildman–Crippen MR) is 151 cm³/mol. The zero-order chi connectivity index (χ0) is 28.1. The number of allylic oxidation sites excluding steroid dienone is 1. The van der Waals surface area contributed by atoms with Crippen molar-refractivity contribution in [2.24, 2.45) is 0 Å². The molecule has 0 spiro atoms. The third kappa shape index (κ3) is 6.99. The first-order valence-corrected chi connectivity index (χ1v) is 13.1. The SMILES string of the molecule is COC(C)(C)CCCC(C)(CCCC(C)=CCN1C(=O)c2cccc(O)c2Nc2c(O)cc(O)cc21)OC. The summed E-state index contributed by atoms with van der Waals surface area (Å²) in [5.74, 6) is -0.830. The normalized spacial score (nSPS) is 15.4. The number of para-hydroxylation sites is 1. The third-order valence-electron chi connectivity index (χ3n) is 7.57. The average Bonchev–Trinajstić information content (AvgIpc) is 2.98. The van der Waals surface area contributed by atoms with Gasteiger partial charge in [0.05, 0.1) is 28.1 Å². The van der Waals surface area contributed by atoms with Gasteiger partial charge in [0.25, 0.3) is 5.91 Å². The molecular weight excluding hydrogens is 484 g/mol. The minimum absolute atomic E-state index is 0.102. The summed E-state index contributed by atoms with van der Waals surface area (Å²) in [6.45, 7) is 8.62. The van der Waals surface area contributed by atoms with E-state index in [0.29, 0.717) is 5.69 Å². The topological polar surface area (TPSA) is 111 Å². The zero-order valence-corrected chi connectivity index (χ0v) is 23.4. The van der Waals surface area contributed by atoms with Crippen molar-refractivity contribution >= 4 is 23.0 Å². The molecule has 208 valence electrons. The second-order valence-electron chi connectivity index (χ2n) is 11.0. The van der Waals surface area contributed by atoms with Crippen LogP contribution < -0.4 is 10.2 Å². The molecule has 8 heteroatoms. The summed E-state index contributed by atoms with van der Waals surface area (Å²) in [6, 6.07) is 7.33. The van der Waals surface area contributed by atoms with Gasteiger partial charge in [-0.3, -0.25) is 4.79 Å². The Morgan fingerprint density at radius 3 is 2.37 bits per heavy atom. The highest BCUT2D eigenvalue weighted by atomic mass is 16.5. The van der Waals surface area contributed by atoms with Crippen LogP contribution in [0, 0.1) is 0 Å². The maximum atomic E-state index is 13.5. The minimum atomic E-state index is -0.345. The number of hydrogen-bond donors (Lipinski definition) is 4. The van der Waals surface area contributed by atoms with E-state index in [1.807, 2.05) is 13.0 Å². The van der Waals surface area contributed by atoms with Gasteiger partial charge in [-0.25, -0.2) is 0 Å². The van der Waals surface area contributed by atoms with Crippen LogP contribution in [0.3, 0.4) is 0 Å². The van der Waals surface area contributed by atoms with Crippen molar-refractivity contribution in [3.05, 3.63) is 47.5 Å². The number of aromatic hydroxyl groups is 3. The molecule has 1 atom stereocenters. The number of rotatable bonds is 12. The van der Waals surface area contributed by atoms with E-state index in [2.05, 4.69) is 26.1 Å². The summed E-state index contributed by atoms with van der Waals surface area (Å²) >= 11 is 0. The maximum absolute atomic E-state index is 13.5. The number of ether oxygens (including phenoxy) is 2. The highest BCUT2D eigenvalue weighted by Crippen LogP contribution is 2.45. The Balaban J connectivity index is 1.71. The fourth-order valence-corrected chi connectivity index (χ4v) is 4.76. The van der Waals surface area contributed by atoms with Gasteiger partial charge < -0.3 is 35.0 Å². The first-order valence-electron chi connectivity index (χ1n) is 13.1. The first-order chi connectivity index (χ1) is 17.9. The highest BCUT2D eigenvalue weighted by Gasteiger charge is 2.30. The number of phenolic OH excluding ortho intramolecular Hbond substituents is 3.